The number of nitrogens with zero attached hydrogens (tertiary/aromatic N) is 2. The molecule has 0 aliphatic carbocycles. The topological polar surface area (TPSA) is 113 Å². The van der Waals surface area contributed by atoms with Crippen molar-refractivity contribution in [3.05, 3.63) is 99.2 Å². The van der Waals surface area contributed by atoms with E-state index in [4.69, 9.17) is 27.9 Å². The van der Waals surface area contributed by atoms with Gasteiger partial charge in [-0.15, -0.1) is 0 Å². The van der Waals surface area contributed by atoms with Gasteiger partial charge in [0.1, 0.15) is 17.9 Å². The second-order valence-corrected chi connectivity index (χ2v) is 10.0. The molecule has 4 rings (SSSR count). The summed E-state index contributed by atoms with van der Waals surface area (Å²) in [5, 5.41) is 9.44. The van der Waals surface area contributed by atoms with Gasteiger partial charge in [0.2, 0.25) is 0 Å². The molecular weight excluding hydrogens is 565 g/mol. The summed E-state index contributed by atoms with van der Waals surface area (Å²) in [4.78, 5) is 43.1. The molecule has 0 aliphatic rings. The van der Waals surface area contributed by atoms with Crippen LogP contribution in [0.5, 0.6) is 5.75 Å². The van der Waals surface area contributed by atoms with Gasteiger partial charge in [-0.05, 0) is 55.5 Å². The molecule has 0 aliphatic heterocycles. The van der Waals surface area contributed by atoms with Gasteiger partial charge in [-0.25, -0.2) is 9.78 Å². The van der Waals surface area contributed by atoms with Gasteiger partial charge in [0.05, 0.1) is 10.6 Å². The first-order valence-electron chi connectivity index (χ1n) is 12.8. The number of halogens is 2. The van der Waals surface area contributed by atoms with E-state index in [1.54, 1.807) is 50.5 Å². The summed E-state index contributed by atoms with van der Waals surface area (Å²) < 4.78 is 6.05. The molecule has 0 unspecified atom stereocenters. The van der Waals surface area contributed by atoms with Crippen LogP contribution in [0.25, 0.3) is 10.9 Å². The second-order valence-electron chi connectivity index (χ2n) is 9.22. The molecule has 4 amide bonds. The van der Waals surface area contributed by atoms with Crippen LogP contribution in [-0.2, 0) is 6.61 Å². The lowest BCUT2D eigenvalue weighted by Gasteiger charge is -2.20. The number of para-hydroxylation sites is 1. The number of rotatable bonds is 9. The Morgan fingerprint density at radius 2 is 1.73 bits per heavy atom. The zero-order chi connectivity index (χ0) is 29.5. The number of fused-ring (bicyclic) bond motifs is 1. The summed E-state index contributed by atoms with van der Waals surface area (Å²) in [5.41, 5.74) is 3.35. The van der Waals surface area contributed by atoms with Crippen LogP contribution in [-0.4, -0.2) is 54.9 Å². The molecule has 9 nitrogen and oxygen atoms in total. The Balaban J connectivity index is 1.35. The first kappa shape index (κ1) is 29.6. The zero-order valence-electron chi connectivity index (χ0n) is 22.8. The smallest absolute Gasteiger partial charge is 0.319 e. The number of amides is 4. The van der Waals surface area contributed by atoms with Crippen LogP contribution >= 0.6 is 23.2 Å². The molecule has 0 spiro atoms. The number of ether oxygens (including phenoxy) is 1. The van der Waals surface area contributed by atoms with Crippen molar-refractivity contribution in [1.29, 1.82) is 0 Å². The summed E-state index contributed by atoms with van der Waals surface area (Å²) in [6.45, 7) is 2.38. The van der Waals surface area contributed by atoms with Crippen LogP contribution in [0.3, 0.4) is 0 Å². The van der Waals surface area contributed by atoms with Crippen LogP contribution in [0.2, 0.25) is 10.0 Å². The Morgan fingerprint density at radius 1 is 0.976 bits per heavy atom. The van der Waals surface area contributed by atoms with Gasteiger partial charge in [0, 0.05) is 60.1 Å². The Labute approximate surface area is 247 Å². The van der Waals surface area contributed by atoms with Crippen LogP contribution in [0.1, 0.15) is 32.0 Å². The normalized spacial score (nSPS) is 10.7. The molecule has 212 valence electrons. The molecule has 3 aromatic carbocycles. The quantitative estimate of drug-likeness (QED) is 0.231. The van der Waals surface area contributed by atoms with Crippen LogP contribution < -0.4 is 20.7 Å². The van der Waals surface area contributed by atoms with Crippen molar-refractivity contribution in [2.45, 2.75) is 13.5 Å². The molecule has 4 aromatic rings. The van der Waals surface area contributed by atoms with Gasteiger partial charge in [0.15, 0.2) is 0 Å². The average molecular weight is 594 g/mol. The monoisotopic (exact) mass is 593 g/mol. The molecule has 1 heterocycles. The van der Waals surface area contributed by atoms with E-state index in [9.17, 15) is 14.4 Å². The predicted octanol–water partition coefficient (Wildman–Crippen LogP) is 5.68. The van der Waals surface area contributed by atoms with E-state index in [1.165, 1.54) is 4.90 Å². The van der Waals surface area contributed by atoms with Crippen molar-refractivity contribution in [3.63, 3.8) is 0 Å². The number of carbonyl (C=O) groups excluding carboxylic acids is 3. The highest BCUT2D eigenvalue weighted by Gasteiger charge is 2.20. The summed E-state index contributed by atoms with van der Waals surface area (Å²) in [5.74, 6) is 0.0348. The standard InChI is InChI=1S/C30H29Cl2N5O4/c1-18-7-8-19-5-4-6-25(27(19)35-18)41-17-23-24(31)14-13-22(26(23)32)29(39)37(3)16-15-34-30(40)36-21-11-9-20(10-12-21)28(38)33-2/h4-14H,15-17H2,1-3H3,(H,33,38)(H2,34,36,40). The second kappa shape index (κ2) is 13.3. The molecule has 41 heavy (non-hydrogen) atoms. The van der Waals surface area contributed by atoms with Crippen LogP contribution in [0.15, 0.2) is 66.7 Å². The van der Waals surface area contributed by atoms with E-state index in [0.717, 1.165) is 16.6 Å². The van der Waals surface area contributed by atoms with Crippen molar-refractivity contribution in [2.75, 3.05) is 32.5 Å². The summed E-state index contributed by atoms with van der Waals surface area (Å²) in [7, 11) is 3.16. The van der Waals surface area contributed by atoms with Gasteiger partial charge in [0.25, 0.3) is 11.8 Å². The molecule has 0 saturated heterocycles. The summed E-state index contributed by atoms with van der Waals surface area (Å²) in [6.07, 6.45) is 0. The van der Waals surface area contributed by atoms with Crippen molar-refractivity contribution < 1.29 is 19.1 Å². The Morgan fingerprint density at radius 3 is 2.46 bits per heavy atom. The molecule has 0 fully saturated rings. The maximum absolute atomic E-state index is 13.2. The minimum Gasteiger partial charge on any atom is -0.487 e. The highest BCUT2D eigenvalue weighted by Crippen LogP contribution is 2.31. The van der Waals surface area contributed by atoms with Gasteiger partial charge in [-0.3, -0.25) is 9.59 Å². The largest absolute Gasteiger partial charge is 0.487 e. The molecule has 0 radical (unpaired) electrons. The van der Waals surface area contributed by atoms with Gasteiger partial charge in [-0.1, -0.05) is 41.4 Å². The van der Waals surface area contributed by atoms with Crippen LogP contribution in [0, 0.1) is 6.92 Å². The van der Waals surface area contributed by atoms with E-state index in [0.29, 0.717) is 27.6 Å². The zero-order valence-corrected chi connectivity index (χ0v) is 24.3. The number of nitrogens with one attached hydrogen (secondary N) is 3. The fourth-order valence-corrected chi connectivity index (χ4v) is 4.61. The van der Waals surface area contributed by atoms with Crippen molar-refractivity contribution in [2.24, 2.45) is 0 Å². The summed E-state index contributed by atoms with van der Waals surface area (Å²) in [6, 6.07) is 18.8. The van der Waals surface area contributed by atoms with Crippen molar-refractivity contribution in [1.82, 2.24) is 20.5 Å². The number of hydrogen-bond acceptors (Lipinski definition) is 5. The van der Waals surface area contributed by atoms with E-state index >= 15 is 0 Å². The van der Waals surface area contributed by atoms with Crippen molar-refractivity contribution >= 4 is 57.6 Å². The molecule has 0 bridgehead atoms. The molecule has 0 saturated carbocycles. The lowest BCUT2D eigenvalue weighted by molar-refractivity contribution is 0.0796. The third-order valence-electron chi connectivity index (χ3n) is 6.32. The first-order valence-corrected chi connectivity index (χ1v) is 13.5. The molecule has 11 heteroatoms. The summed E-state index contributed by atoms with van der Waals surface area (Å²) >= 11 is 13.1. The van der Waals surface area contributed by atoms with Gasteiger partial charge in [-0.2, -0.15) is 0 Å². The first-order chi connectivity index (χ1) is 19.7. The number of carbonyl (C=O) groups is 3. The molecule has 1 aromatic heterocycles. The maximum atomic E-state index is 13.2. The number of aromatic nitrogens is 1. The predicted molar refractivity (Wildman–Crippen MR) is 161 cm³/mol. The molecule has 0 atom stereocenters. The van der Waals surface area contributed by atoms with Gasteiger partial charge < -0.3 is 25.6 Å². The molecule has 3 N–H and O–H groups in total. The van der Waals surface area contributed by atoms with E-state index in [2.05, 4.69) is 20.9 Å². The number of benzene rings is 3. The highest BCUT2D eigenvalue weighted by molar-refractivity contribution is 6.38. The fourth-order valence-electron chi connectivity index (χ4n) is 4.05. The minimum absolute atomic E-state index is 0.0447. The van der Waals surface area contributed by atoms with E-state index in [1.807, 2.05) is 37.3 Å². The lowest BCUT2D eigenvalue weighted by atomic mass is 10.1. The van der Waals surface area contributed by atoms with Crippen LogP contribution in [0.4, 0.5) is 10.5 Å². The molecular formula is C30H29Cl2N5O4. The number of likely N-dealkylation sites (N-methyl/N-ethyl adjacent to an activating group) is 1. The van der Waals surface area contributed by atoms with Crippen molar-refractivity contribution in [3.8, 4) is 5.75 Å². The van der Waals surface area contributed by atoms with E-state index < -0.39 is 6.03 Å². The number of urea groups is 1. The highest BCUT2D eigenvalue weighted by atomic mass is 35.5. The number of aryl methyl sites for hydroxylation is 1. The number of pyridine rings is 1. The Kier molecular flexibility index (Phi) is 9.65. The number of anilines is 1. The van der Waals surface area contributed by atoms with Gasteiger partial charge >= 0.3 is 6.03 Å². The third kappa shape index (κ3) is 7.25. The number of hydrogen-bond donors (Lipinski definition) is 3. The fraction of sp³-hybridized carbons (Fsp3) is 0.200. The SMILES string of the molecule is CNC(=O)c1ccc(NC(=O)NCCN(C)C(=O)c2ccc(Cl)c(COc3cccc4ccc(C)nc34)c2Cl)cc1. The third-order valence-corrected chi connectivity index (χ3v) is 7.11. The minimum atomic E-state index is -0.444. The Bertz CT molecular complexity index is 1590. The average Bonchev–Trinajstić information content (AvgIpc) is 2.96. The maximum Gasteiger partial charge on any atom is 0.319 e. The van der Waals surface area contributed by atoms with E-state index in [-0.39, 0.29) is 42.1 Å². The Hall–Kier alpha value is -4.34. The lowest BCUT2D eigenvalue weighted by Crippen LogP contribution is -2.38.